The van der Waals surface area contributed by atoms with E-state index in [9.17, 15) is 14.4 Å². The largest absolute Gasteiger partial charge is 0.333 e. The maximum atomic E-state index is 12.8. The Balaban J connectivity index is 1.77. The maximum absolute atomic E-state index is 12.8. The van der Waals surface area contributed by atoms with Crippen LogP contribution in [0, 0.1) is 0 Å². The summed E-state index contributed by atoms with van der Waals surface area (Å²) in [6.07, 6.45) is 3.14. The standard InChI is InChI=1S/C20H14N4O3/c25-18(22-14-8-10-21-11-9-14)13-6-7-16-17(12-13)23-20(27)24(19(16)26)15-4-2-1-3-5-15/h1-12H,(H,23,27)(H,21,22,25). The number of para-hydroxylation sites is 1. The van der Waals surface area contributed by atoms with Gasteiger partial charge in [0, 0.05) is 23.6 Å². The Bertz CT molecular complexity index is 1250. The number of fused-ring (bicyclic) bond motifs is 1. The smallest absolute Gasteiger partial charge is 0.322 e. The van der Waals surface area contributed by atoms with Gasteiger partial charge in [-0.05, 0) is 42.5 Å². The summed E-state index contributed by atoms with van der Waals surface area (Å²) >= 11 is 0. The Morgan fingerprint density at radius 1 is 0.963 bits per heavy atom. The molecule has 0 bridgehead atoms. The van der Waals surface area contributed by atoms with E-state index >= 15 is 0 Å². The minimum atomic E-state index is -0.564. The van der Waals surface area contributed by atoms with Crippen LogP contribution >= 0.6 is 0 Å². The van der Waals surface area contributed by atoms with E-state index in [1.54, 1.807) is 60.9 Å². The quantitative estimate of drug-likeness (QED) is 0.587. The van der Waals surface area contributed by atoms with Crippen molar-refractivity contribution in [2.24, 2.45) is 0 Å². The van der Waals surface area contributed by atoms with Gasteiger partial charge in [0.2, 0.25) is 0 Å². The molecule has 0 aliphatic heterocycles. The van der Waals surface area contributed by atoms with Gasteiger partial charge in [0.1, 0.15) is 0 Å². The maximum Gasteiger partial charge on any atom is 0.333 e. The van der Waals surface area contributed by atoms with Crippen molar-refractivity contribution >= 4 is 22.5 Å². The lowest BCUT2D eigenvalue weighted by atomic mass is 10.1. The number of anilines is 1. The van der Waals surface area contributed by atoms with Crippen molar-refractivity contribution in [3.63, 3.8) is 0 Å². The molecule has 2 N–H and O–H groups in total. The molecule has 0 fully saturated rings. The first-order chi connectivity index (χ1) is 13.1. The molecule has 7 heteroatoms. The van der Waals surface area contributed by atoms with E-state index in [1.165, 1.54) is 12.1 Å². The zero-order valence-electron chi connectivity index (χ0n) is 14.0. The molecule has 0 aliphatic carbocycles. The predicted octanol–water partition coefficient (Wildman–Crippen LogP) is 2.33. The summed E-state index contributed by atoms with van der Waals surface area (Å²) in [5, 5.41) is 3.05. The highest BCUT2D eigenvalue weighted by atomic mass is 16.2. The van der Waals surface area contributed by atoms with Crippen LogP contribution in [-0.2, 0) is 0 Å². The van der Waals surface area contributed by atoms with Crippen molar-refractivity contribution < 1.29 is 4.79 Å². The molecular formula is C20H14N4O3. The van der Waals surface area contributed by atoms with Gasteiger partial charge in [-0.25, -0.2) is 9.36 Å². The summed E-state index contributed by atoms with van der Waals surface area (Å²) in [5.41, 5.74) is 0.700. The lowest BCUT2D eigenvalue weighted by Gasteiger charge is -2.08. The fourth-order valence-corrected chi connectivity index (χ4v) is 2.81. The Labute approximate surface area is 152 Å². The number of aromatic nitrogens is 3. The lowest BCUT2D eigenvalue weighted by molar-refractivity contribution is 0.102. The average Bonchev–Trinajstić information content (AvgIpc) is 2.69. The number of carbonyl (C=O) groups excluding carboxylic acids is 1. The Kier molecular flexibility index (Phi) is 4.10. The molecule has 1 amide bonds. The van der Waals surface area contributed by atoms with E-state index in [0.717, 1.165) is 4.57 Å². The number of nitrogens with zero attached hydrogens (tertiary/aromatic N) is 2. The third kappa shape index (κ3) is 3.13. The van der Waals surface area contributed by atoms with Crippen LogP contribution < -0.4 is 16.6 Å². The molecule has 4 aromatic rings. The van der Waals surface area contributed by atoms with Crippen molar-refractivity contribution in [2.75, 3.05) is 5.32 Å². The minimum absolute atomic E-state index is 0.305. The van der Waals surface area contributed by atoms with Gasteiger partial charge in [-0.1, -0.05) is 18.2 Å². The first-order valence-corrected chi connectivity index (χ1v) is 8.19. The second-order valence-electron chi connectivity index (χ2n) is 5.86. The van der Waals surface area contributed by atoms with Crippen molar-refractivity contribution in [1.29, 1.82) is 0 Å². The van der Waals surface area contributed by atoms with Gasteiger partial charge in [-0.15, -0.1) is 0 Å². The third-order valence-corrected chi connectivity index (χ3v) is 4.11. The van der Waals surface area contributed by atoms with Crippen LogP contribution in [0.25, 0.3) is 16.6 Å². The molecule has 2 heterocycles. The molecule has 0 aliphatic rings. The number of H-pyrrole nitrogens is 1. The van der Waals surface area contributed by atoms with E-state index in [-0.39, 0.29) is 5.91 Å². The molecule has 0 radical (unpaired) electrons. The first-order valence-electron chi connectivity index (χ1n) is 8.19. The zero-order chi connectivity index (χ0) is 18.8. The van der Waals surface area contributed by atoms with Crippen molar-refractivity contribution in [3.05, 3.63) is 99.5 Å². The highest BCUT2D eigenvalue weighted by molar-refractivity contribution is 6.06. The Morgan fingerprint density at radius 3 is 2.44 bits per heavy atom. The minimum Gasteiger partial charge on any atom is -0.322 e. The molecule has 0 saturated heterocycles. The fourth-order valence-electron chi connectivity index (χ4n) is 2.81. The summed E-state index contributed by atoms with van der Waals surface area (Å²) in [5.74, 6) is -0.351. The summed E-state index contributed by atoms with van der Waals surface area (Å²) in [6, 6.07) is 16.6. The zero-order valence-corrected chi connectivity index (χ0v) is 14.0. The first kappa shape index (κ1) is 16.5. The van der Waals surface area contributed by atoms with Crippen LogP contribution in [0.3, 0.4) is 0 Å². The van der Waals surface area contributed by atoms with E-state index < -0.39 is 11.2 Å². The fraction of sp³-hybridized carbons (Fsp3) is 0. The van der Waals surface area contributed by atoms with Crippen LogP contribution in [0.4, 0.5) is 5.69 Å². The Morgan fingerprint density at radius 2 is 1.70 bits per heavy atom. The van der Waals surface area contributed by atoms with Gasteiger partial charge in [-0.2, -0.15) is 0 Å². The van der Waals surface area contributed by atoms with Crippen molar-refractivity contribution in [2.45, 2.75) is 0 Å². The molecule has 27 heavy (non-hydrogen) atoms. The van der Waals surface area contributed by atoms with E-state index in [4.69, 9.17) is 0 Å². The van der Waals surface area contributed by atoms with Gasteiger partial charge >= 0.3 is 5.69 Å². The average molecular weight is 358 g/mol. The number of hydrogen-bond acceptors (Lipinski definition) is 4. The molecule has 0 atom stereocenters. The number of rotatable bonds is 3. The highest BCUT2D eigenvalue weighted by Gasteiger charge is 2.12. The van der Waals surface area contributed by atoms with E-state index in [0.29, 0.717) is 27.8 Å². The molecule has 0 spiro atoms. The normalized spacial score (nSPS) is 10.7. The molecule has 4 rings (SSSR count). The molecule has 2 aromatic heterocycles. The van der Waals surface area contributed by atoms with Gasteiger partial charge in [0.25, 0.3) is 11.5 Å². The number of aromatic amines is 1. The number of carbonyl (C=O) groups is 1. The summed E-state index contributed by atoms with van der Waals surface area (Å²) < 4.78 is 1.07. The van der Waals surface area contributed by atoms with Gasteiger partial charge in [0.15, 0.2) is 0 Å². The molecule has 2 aromatic carbocycles. The highest BCUT2D eigenvalue weighted by Crippen LogP contribution is 2.13. The van der Waals surface area contributed by atoms with Crippen LogP contribution in [0.5, 0.6) is 0 Å². The Hall–Kier alpha value is -4.00. The van der Waals surface area contributed by atoms with Crippen LogP contribution in [0.15, 0.2) is 82.6 Å². The molecular weight excluding hydrogens is 344 g/mol. The lowest BCUT2D eigenvalue weighted by Crippen LogP contribution is -2.33. The number of hydrogen-bond donors (Lipinski definition) is 2. The van der Waals surface area contributed by atoms with Gasteiger partial charge < -0.3 is 10.3 Å². The summed E-state index contributed by atoms with van der Waals surface area (Å²) in [7, 11) is 0. The third-order valence-electron chi connectivity index (χ3n) is 4.11. The second kappa shape index (κ2) is 6.72. The van der Waals surface area contributed by atoms with Crippen molar-refractivity contribution in [1.82, 2.24) is 14.5 Å². The van der Waals surface area contributed by atoms with Crippen LogP contribution in [0.2, 0.25) is 0 Å². The van der Waals surface area contributed by atoms with Crippen molar-refractivity contribution in [3.8, 4) is 5.69 Å². The molecule has 0 saturated carbocycles. The summed E-state index contributed by atoms with van der Waals surface area (Å²) in [4.78, 5) is 44.2. The number of nitrogens with one attached hydrogen (secondary N) is 2. The number of benzene rings is 2. The number of amides is 1. The van der Waals surface area contributed by atoms with E-state index in [2.05, 4.69) is 15.3 Å². The monoisotopic (exact) mass is 358 g/mol. The number of pyridine rings is 1. The molecule has 132 valence electrons. The van der Waals surface area contributed by atoms with Gasteiger partial charge in [0.05, 0.1) is 16.6 Å². The topological polar surface area (TPSA) is 96.8 Å². The SMILES string of the molecule is O=C(Nc1ccncc1)c1ccc2c(=O)n(-c3ccccc3)c(=O)[nH]c2c1. The van der Waals surface area contributed by atoms with E-state index in [1.807, 2.05) is 0 Å². The molecule has 7 nitrogen and oxygen atoms in total. The predicted molar refractivity (Wildman–Crippen MR) is 102 cm³/mol. The van der Waals surface area contributed by atoms with Gasteiger partial charge in [-0.3, -0.25) is 14.6 Å². The molecule has 0 unspecified atom stereocenters. The van der Waals surface area contributed by atoms with Crippen LogP contribution in [-0.4, -0.2) is 20.4 Å². The summed E-state index contributed by atoms with van der Waals surface area (Å²) in [6.45, 7) is 0. The second-order valence-corrected chi connectivity index (χ2v) is 5.86. The van der Waals surface area contributed by atoms with Crippen LogP contribution in [0.1, 0.15) is 10.4 Å².